The molecule has 0 aliphatic carbocycles. The van der Waals surface area contributed by atoms with Crippen LogP contribution in [0.25, 0.3) is 0 Å². The molecule has 0 radical (unpaired) electrons. The second-order valence-corrected chi connectivity index (χ2v) is 4.99. The number of aryl methyl sites for hydroxylation is 2. The van der Waals surface area contributed by atoms with Gasteiger partial charge in [-0.3, -0.25) is 4.79 Å². The summed E-state index contributed by atoms with van der Waals surface area (Å²) in [7, 11) is 1.60. The summed E-state index contributed by atoms with van der Waals surface area (Å²) in [6, 6.07) is 3.95. The molecule has 19 heavy (non-hydrogen) atoms. The fraction of sp³-hybridized carbons (Fsp3) is 0.533. The van der Waals surface area contributed by atoms with E-state index in [4.69, 9.17) is 9.47 Å². The van der Waals surface area contributed by atoms with E-state index in [0.29, 0.717) is 24.3 Å². The van der Waals surface area contributed by atoms with Crippen molar-refractivity contribution >= 4 is 5.78 Å². The Hall–Kier alpha value is -1.39. The van der Waals surface area contributed by atoms with Gasteiger partial charge in [-0.15, -0.1) is 0 Å². The normalized spacial score (nSPS) is 19.2. The van der Waals surface area contributed by atoms with E-state index in [-0.39, 0.29) is 11.8 Å². The van der Waals surface area contributed by atoms with Gasteiger partial charge >= 0.3 is 0 Å². The van der Waals surface area contributed by atoms with Gasteiger partial charge in [0.2, 0.25) is 0 Å². The first kappa shape index (κ1) is 14.0. The van der Waals surface area contributed by atoms with Crippen LogP contribution < -0.4 is 10.1 Å². The van der Waals surface area contributed by atoms with Gasteiger partial charge in [0.1, 0.15) is 5.75 Å². The summed E-state index contributed by atoms with van der Waals surface area (Å²) in [5.41, 5.74) is 2.91. The van der Waals surface area contributed by atoms with Crippen molar-refractivity contribution in [3.8, 4) is 5.75 Å². The molecule has 1 aromatic carbocycles. The topological polar surface area (TPSA) is 47.6 Å². The van der Waals surface area contributed by atoms with Gasteiger partial charge in [-0.2, -0.15) is 0 Å². The van der Waals surface area contributed by atoms with Crippen molar-refractivity contribution in [2.75, 3.05) is 26.9 Å². The van der Waals surface area contributed by atoms with Crippen LogP contribution in [0.4, 0.5) is 0 Å². The minimum Gasteiger partial charge on any atom is -0.496 e. The van der Waals surface area contributed by atoms with E-state index >= 15 is 0 Å². The van der Waals surface area contributed by atoms with Crippen LogP contribution in [-0.4, -0.2) is 38.7 Å². The number of morpholine rings is 1. The lowest BCUT2D eigenvalue weighted by Gasteiger charge is -2.23. The summed E-state index contributed by atoms with van der Waals surface area (Å²) in [5, 5.41) is 3.30. The number of benzene rings is 1. The Morgan fingerprint density at radius 2 is 2.16 bits per heavy atom. The number of hydrogen-bond donors (Lipinski definition) is 1. The van der Waals surface area contributed by atoms with Crippen molar-refractivity contribution < 1.29 is 14.3 Å². The molecule has 1 unspecified atom stereocenters. The lowest BCUT2D eigenvalue weighted by atomic mass is 9.98. The summed E-state index contributed by atoms with van der Waals surface area (Å²) in [6.45, 7) is 6.15. The molecule has 0 spiro atoms. The number of nitrogens with one attached hydrogen (secondary N) is 1. The number of hydrogen-bond acceptors (Lipinski definition) is 4. The van der Waals surface area contributed by atoms with Crippen LogP contribution in [0.3, 0.4) is 0 Å². The first-order valence-corrected chi connectivity index (χ1v) is 6.61. The molecule has 2 rings (SSSR count). The van der Waals surface area contributed by atoms with Gasteiger partial charge in [-0.1, -0.05) is 0 Å². The number of carbonyl (C=O) groups excluding carboxylic acids is 1. The van der Waals surface area contributed by atoms with E-state index in [1.165, 1.54) is 0 Å². The van der Waals surface area contributed by atoms with Crippen LogP contribution in [0.5, 0.6) is 5.75 Å². The summed E-state index contributed by atoms with van der Waals surface area (Å²) in [6.07, 6.45) is 0.443. The molecule has 1 atom stereocenters. The van der Waals surface area contributed by atoms with Crippen LogP contribution in [0.1, 0.15) is 27.9 Å². The molecule has 0 amide bonds. The Morgan fingerprint density at radius 3 is 2.79 bits per heavy atom. The van der Waals surface area contributed by atoms with E-state index < -0.39 is 0 Å². The van der Waals surface area contributed by atoms with Crippen molar-refractivity contribution in [2.45, 2.75) is 26.3 Å². The van der Waals surface area contributed by atoms with E-state index in [1.807, 2.05) is 26.0 Å². The van der Waals surface area contributed by atoms with E-state index in [2.05, 4.69) is 5.32 Å². The molecule has 4 nitrogen and oxygen atoms in total. The Balaban J connectivity index is 2.15. The zero-order chi connectivity index (χ0) is 13.8. The van der Waals surface area contributed by atoms with Crippen LogP contribution in [-0.2, 0) is 4.74 Å². The summed E-state index contributed by atoms with van der Waals surface area (Å²) >= 11 is 0. The van der Waals surface area contributed by atoms with Crippen LogP contribution in [0.2, 0.25) is 0 Å². The molecular formula is C15H21NO3. The molecule has 0 saturated carbocycles. The van der Waals surface area contributed by atoms with E-state index in [1.54, 1.807) is 7.11 Å². The van der Waals surface area contributed by atoms with E-state index in [9.17, 15) is 4.79 Å². The molecule has 1 fully saturated rings. The fourth-order valence-corrected chi connectivity index (χ4v) is 2.26. The van der Waals surface area contributed by atoms with Crippen molar-refractivity contribution in [2.24, 2.45) is 0 Å². The first-order valence-electron chi connectivity index (χ1n) is 6.61. The molecule has 104 valence electrons. The van der Waals surface area contributed by atoms with Crippen LogP contribution in [0, 0.1) is 13.8 Å². The molecule has 4 heteroatoms. The minimum atomic E-state index is 0.1000. The number of ketones is 1. The highest BCUT2D eigenvalue weighted by atomic mass is 16.5. The molecule has 1 saturated heterocycles. The third kappa shape index (κ3) is 3.33. The van der Waals surface area contributed by atoms with Gasteiger partial charge in [0.05, 0.1) is 25.9 Å². The number of carbonyl (C=O) groups is 1. The van der Waals surface area contributed by atoms with Crippen molar-refractivity contribution in [3.63, 3.8) is 0 Å². The molecule has 1 heterocycles. The predicted octanol–water partition coefficient (Wildman–Crippen LogP) is 1.87. The minimum absolute atomic E-state index is 0.1000. The zero-order valence-electron chi connectivity index (χ0n) is 11.8. The Kier molecular flexibility index (Phi) is 4.56. The molecule has 0 bridgehead atoms. The predicted molar refractivity (Wildman–Crippen MR) is 74.0 cm³/mol. The SMILES string of the molecule is COc1cc(C)c(C)cc1C(=O)CC1COCCN1. The van der Waals surface area contributed by atoms with Gasteiger partial charge in [0.25, 0.3) is 0 Å². The Labute approximate surface area is 114 Å². The average Bonchev–Trinajstić information content (AvgIpc) is 2.42. The molecule has 1 aromatic rings. The highest BCUT2D eigenvalue weighted by Crippen LogP contribution is 2.24. The van der Waals surface area contributed by atoms with Crippen molar-refractivity contribution in [1.29, 1.82) is 0 Å². The first-order chi connectivity index (χ1) is 9.11. The van der Waals surface area contributed by atoms with Gasteiger partial charge in [0, 0.05) is 19.0 Å². The third-order valence-electron chi connectivity index (χ3n) is 3.55. The molecular weight excluding hydrogens is 242 g/mol. The smallest absolute Gasteiger partial charge is 0.168 e. The Morgan fingerprint density at radius 1 is 1.42 bits per heavy atom. The van der Waals surface area contributed by atoms with Crippen molar-refractivity contribution in [1.82, 2.24) is 5.32 Å². The molecule has 1 aliphatic heterocycles. The summed E-state index contributed by atoms with van der Waals surface area (Å²) in [5.74, 6) is 0.757. The zero-order valence-corrected chi connectivity index (χ0v) is 11.8. The molecule has 1 aliphatic rings. The lowest BCUT2D eigenvalue weighted by Crippen LogP contribution is -2.42. The fourth-order valence-electron chi connectivity index (χ4n) is 2.26. The van der Waals surface area contributed by atoms with Gasteiger partial charge in [0.15, 0.2) is 5.78 Å². The molecule has 0 aromatic heterocycles. The average molecular weight is 263 g/mol. The lowest BCUT2D eigenvalue weighted by molar-refractivity contribution is 0.0675. The number of methoxy groups -OCH3 is 1. The monoisotopic (exact) mass is 263 g/mol. The number of rotatable bonds is 4. The van der Waals surface area contributed by atoms with Crippen LogP contribution >= 0.6 is 0 Å². The van der Waals surface area contributed by atoms with Gasteiger partial charge in [-0.25, -0.2) is 0 Å². The standard InChI is InChI=1S/C15H21NO3/c1-10-6-13(15(18-3)7-11(10)2)14(17)8-12-9-19-5-4-16-12/h6-7,12,16H,4-5,8-9H2,1-3H3. The highest BCUT2D eigenvalue weighted by Gasteiger charge is 2.20. The third-order valence-corrected chi connectivity index (χ3v) is 3.55. The Bertz CT molecular complexity index is 465. The number of Topliss-reactive ketones (excluding diaryl/α,β-unsaturated/α-hetero) is 1. The van der Waals surface area contributed by atoms with Gasteiger partial charge < -0.3 is 14.8 Å². The molecule has 1 N–H and O–H groups in total. The summed E-state index contributed by atoms with van der Waals surface area (Å²) < 4.78 is 10.7. The number of ether oxygens (including phenoxy) is 2. The second kappa shape index (κ2) is 6.17. The maximum Gasteiger partial charge on any atom is 0.168 e. The van der Waals surface area contributed by atoms with Crippen LogP contribution in [0.15, 0.2) is 12.1 Å². The second-order valence-electron chi connectivity index (χ2n) is 4.99. The summed E-state index contributed by atoms with van der Waals surface area (Å²) in [4.78, 5) is 12.4. The van der Waals surface area contributed by atoms with Gasteiger partial charge in [-0.05, 0) is 37.1 Å². The van der Waals surface area contributed by atoms with Crippen molar-refractivity contribution in [3.05, 3.63) is 28.8 Å². The quantitative estimate of drug-likeness (QED) is 0.843. The maximum absolute atomic E-state index is 12.4. The highest BCUT2D eigenvalue weighted by molar-refractivity contribution is 5.99. The maximum atomic E-state index is 12.4. The van der Waals surface area contributed by atoms with E-state index in [0.717, 1.165) is 24.3 Å². The largest absolute Gasteiger partial charge is 0.496 e.